The Morgan fingerprint density at radius 2 is 1.76 bits per heavy atom. The van der Waals surface area contributed by atoms with Crippen LogP contribution in [0.3, 0.4) is 0 Å². The summed E-state index contributed by atoms with van der Waals surface area (Å²) in [6, 6.07) is 14.0. The third kappa shape index (κ3) is 4.95. The second-order valence-corrected chi connectivity index (χ2v) is 9.58. The molecule has 33 heavy (non-hydrogen) atoms. The molecule has 2 heterocycles. The van der Waals surface area contributed by atoms with Gasteiger partial charge in [-0.25, -0.2) is 4.79 Å². The van der Waals surface area contributed by atoms with E-state index >= 15 is 0 Å². The molecule has 1 fully saturated rings. The summed E-state index contributed by atoms with van der Waals surface area (Å²) in [5.41, 5.74) is 5.31. The van der Waals surface area contributed by atoms with Crippen molar-refractivity contribution in [3.63, 3.8) is 0 Å². The Morgan fingerprint density at radius 3 is 2.42 bits per heavy atom. The predicted octanol–water partition coefficient (Wildman–Crippen LogP) is 7.05. The Balaban J connectivity index is 1.61. The van der Waals surface area contributed by atoms with Crippen LogP contribution in [0.15, 0.2) is 47.0 Å². The van der Waals surface area contributed by atoms with Gasteiger partial charge in [0.1, 0.15) is 6.04 Å². The number of carbonyl (C=O) groups is 1. The highest BCUT2D eigenvalue weighted by Gasteiger charge is 2.33. The van der Waals surface area contributed by atoms with E-state index in [2.05, 4.69) is 61.4 Å². The number of amides is 2. The number of para-hydroxylation sites is 1. The van der Waals surface area contributed by atoms with Crippen LogP contribution in [0.2, 0.25) is 0 Å². The molecule has 6 nitrogen and oxygen atoms in total. The first-order valence-corrected chi connectivity index (χ1v) is 12.0. The third-order valence-electron chi connectivity index (χ3n) is 6.37. The SMILES string of the molecule is Cc1cccc(-c2noc(C3CCCCN3C(=O)Nc3c(C(C)C)cccc3C(C)C)n2)c1. The average Bonchev–Trinajstić information content (AvgIpc) is 3.29. The summed E-state index contributed by atoms with van der Waals surface area (Å²) in [4.78, 5) is 20.1. The maximum atomic E-state index is 13.5. The van der Waals surface area contributed by atoms with Crippen LogP contribution in [0.25, 0.3) is 11.4 Å². The summed E-state index contributed by atoms with van der Waals surface area (Å²) < 4.78 is 5.67. The monoisotopic (exact) mass is 446 g/mol. The minimum atomic E-state index is -0.224. The molecule has 1 saturated heterocycles. The van der Waals surface area contributed by atoms with Gasteiger partial charge in [0.25, 0.3) is 0 Å². The lowest BCUT2D eigenvalue weighted by Gasteiger charge is -2.34. The van der Waals surface area contributed by atoms with Crippen LogP contribution in [-0.4, -0.2) is 27.6 Å². The number of nitrogens with one attached hydrogen (secondary N) is 1. The van der Waals surface area contributed by atoms with Crippen LogP contribution in [0.4, 0.5) is 10.5 Å². The van der Waals surface area contributed by atoms with Crippen LogP contribution >= 0.6 is 0 Å². The molecule has 0 radical (unpaired) electrons. The molecule has 1 aliphatic heterocycles. The van der Waals surface area contributed by atoms with E-state index in [-0.39, 0.29) is 12.1 Å². The fourth-order valence-corrected chi connectivity index (χ4v) is 4.58. The Morgan fingerprint density at radius 1 is 1.06 bits per heavy atom. The zero-order chi connectivity index (χ0) is 23.5. The van der Waals surface area contributed by atoms with Gasteiger partial charge in [0.05, 0.1) is 0 Å². The Kier molecular flexibility index (Phi) is 6.82. The molecule has 1 unspecified atom stereocenters. The summed E-state index contributed by atoms with van der Waals surface area (Å²) in [5, 5.41) is 7.47. The maximum absolute atomic E-state index is 13.5. The van der Waals surface area contributed by atoms with E-state index in [0.29, 0.717) is 30.1 Å². The number of aryl methyl sites for hydroxylation is 1. The average molecular weight is 447 g/mol. The van der Waals surface area contributed by atoms with Crippen LogP contribution in [0.5, 0.6) is 0 Å². The minimum Gasteiger partial charge on any atom is -0.337 e. The molecule has 2 amide bonds. The molecule has 1 aliphatic rings. The molecule has 1 aromatic heterocycles. The van der Waals surface area contributed by atoms with Crippen molar-refractivity contribution in [3.05, 3.63) is 65.0 Å². The lowest BCUT2D eigenvalue weighted by molar-refractivity contribution is 0.142. The van der Waals surface area contributed by atoms with Gasteiger partial charge in [0.15, 0.2) is 0 Å². The number of benzene rings is 2. The van der Waals surface area contributed by atoms with Crippen LogP contribution in [0.1, 0.15) is 87.4 Å². The van der Waals surface area contributed by atoms with Gasteiger partial charge in [-0.1, -0.05) is 74.8 Å². The molecule has 174 valence electrons. The standard InChI is InChI=1S/C27H34N4O2/c1-17(2)21-12-9-13-22(18(3)4)24(21)28-27(32)31-15-7-6-14-23(31)26-29-25(30-33-26)20-11-8-10-19(5)16-20/h8-13,16-18,23H,6-7,14-15H2,1-5H3,(H,28,32). The van der Waals surface area contributed by atoms with Crippen LogP contribution in [0, 0.1) is 6.92 Å². The molecule has 0 bridgehead atoms. The fraction of sp³-hybridized carbons (Fsp3) is 0.444. The van der Waals surface area contributed by atoms with Gasteiger partial charge in [-0.05, 0) is 55.2 Å². The quantitative estimate of drug-likeness (QED) is 0.456. The second kappa shape index (κ2) is 9.77. The number of urea groups is 1. The molecule has 2 aromatic carbocycles. The fourth-order valence-electron chi connectivity index (χ4n) is 4.58. The van der Waals surface area contributed by atoms with Gasteiger partial charge >= 0.3 is 6.03 Å². The summed E-state index contributed by atoms with van der Waals surface area (Å²) in [7, 11) is 0. The zero-order valence-corrected chi connectivity index (χ0v) is 20.3. The van der Waals surface area contributed by atoms with E-state index in [1.54, 1.807) is 0 Å². The van der Waals surface area contributed by atoms with Gasteiger partial charge in [-0.15, -0.1) is 0 Å². The summed E-state index contributed by atoms with van der Waals surface area (Å²) >= 11 is 0. The Bertz CT molecular complexity index is 1090. The van der Waals surface area contributed by atoms with Gasteiger partial charge in [0, 0.05) is 17.8 Å². The van der Waals surface area contributed by atoms with Crippen molar-refractivity contribution >= 4 is 11.7 Å². The van der Waals surface area contributed by atoms with Crippen molar-refractivity contribution < 1.29 is 9.32 Å². The lowest BCUT2D eigenvalue weighted by Crippen LogP contribution is -2.41. The van der Waals surface area contributed by atoms with Crippen molar-refractivity contribution in [1.82, 2.24) is 15.0 Å². The van der Waals surface area contributed by atoms with E-state index in [4.69, 9.17) is 4.52 Å². The number of likely N-dealkylation sites (tertiary alicyclic amines) is 1. The highest BCUT2D eigenvalue weighted by Crippen LogP contribution is 2.35. The molecule has 6 heteroatoms. The van der Waals surface area contributed by atoms with E-state index in [1.807, 2.05) is 36.1 Å². The van der Waals surface area contributed by atoms with Gasteiger partial charge in [-0.2, -0.15) is 4.98 Å². The first-order valence-electron chi connectivity index (χ1n) is 12.0. The number of nitrogens with zero attached hydrogens (tertiary/aromatic N) is 3. The number of hydrogen-bond acceptors (Lipinski definition) is 4. The maximum Gasteiger partial charge on any atom is 0.322 e. The normalized spacial score (nSPS) is 16.5. The molecular weight excluding hydrogens is 412 g/mol. The van der Waals surface area contributed by atoms with E-state index < -0.39 is 0 Å². The van der Waals surface area contributed by atoms with Crippen LogP contribution in [-0.2, 0) is 0 Å². The predicted molar refractivity (Wildman–Crippen MR) is 131 cm³/mol. The van der Waals surface area contributed by atoms with E-state index in [0.717, 1.165) is 47.2 Å². The molecule has 1 atom stereocenters. The number of piperidine rings is 1. The molecule has 3 aromatic rings. The Labute approximate surface area is 196 Å². The summed E-state index contributed by atoms with van der Waals surface area (Å²) in [6.45, 7) is 11.3. The Hall–Kier alpha value is -3.15. The number of anilines is 1. The third-order valence-corrected chi connectivity index (χ3v) is 6.37. The molecular formula is C27H34N4O2. The van der Waals surface area contributed by atoms with Crippen molar-refractivity contribution in [2.75, 3.05) is 11.9 Å². The molecule has 0 spiro atoms. The van der Waals surface area contributed by atoms with E-state index in [9.17, 15) is 4.79 Å². The zero-order valence-electron chi connectivity index (χ0n) is 20.3. The van der Waals surface area contributed by atoms with Gasteiger partial charge in [-0.3, -0.25) is 0 Å². The van der Waals surface area contributed by atoms with Gasteiger partial charge < -0.3 is 14.7 Å². The summed E-state index contributed by atoms with van der Waals surface area (Å²) in [6.07, 6.45) is 2.80. The minimum absolute atomic E-state index is 0.106. The highest BCUT2D eigenvalue weighted by molar-refractivity contribution is 5.91. The highest BCUT2D eigenvalue weighted by atomic mass is 16.5. The molecule has 0 saturated carbocycles. The largest absolute Gasteiger partial charge is 0.337 e. The molecule has 4 rings (SSSR count). The number of aromatic nitrogens is 2. The van der Waals surface area contributed by atoms with Crippen molar-refractivity contribution in [1.29, 1.82) is 0 Å². The topological polar surface area (TPSA) is 71.3 Å². The number of hydrogen-bond donors (Lipinski definition) is 1. The van der Waals surface area contributed by atoms with Crippen molar-refractivity contribution in [2.45, 2.75) is 71.8 Å². The number of carbonyl (C=O) groups excluding carboxylic acids is 1. The van der Waals surface area contributed by atoms with Crippen molar-refractivity contribution in [3.8, 4) is 11.4 Å². The lowest BCUT2D eigenvalue weighted by atomic mass is 9.92. The summed E-state index contributed by atoms with van der Waals surface area (Å²) in [5.74, 6) is 1.68. The van der Waals surface area contributed by atoms with Gasteiger partial charge in [0.2, 0.25) is 11.7 Å². The first kappa shape index (κ1) is 23.0. The first-order chi connectivity index (χ1) is 15.8. The smallest absolute Gasteiger partial charge is 0.322 e. The number of rotatable bonds is 5. The van der Waals surface area contributed by atoms with Crippen molar-refractivity contribution in [2.24, 2.45) is 0 Å². The van der Waals surface area contributed by atoms with E-state index in [1.165, 1.54) is 0 Å². The van der Waals surface area contributed by atoms with Crippen LogP contribution < -0.4 is 5.32 Å². The second-order valence-electron chi connectivity index (χ2n) is 9.58. The molecule has 0 aliphatic carbocycles. The molecule has 1 N–H and O–H groups in total.